The van der Waals surface area contributed by atoms with Crippen molar-refractivity contribution in [2.24, 2.45) is 5.92 Å². The van der Waals surface area contributed by atoms with Crippen molar-refractivity contribution in [3.8, 4) is 0 Å². The second-order valence-corrected chi connectivity index (χ2v) is 3.93. The first kappa shape index (κ1) is 13.3. The van der Waals surface area contributed by atoms with Crippen LogP contribution >= 0.6 is 0 Å². The van der Waals surface area contributed by atoms with E-state index in [-0.39, 0.29) is 24.1 Å². The quantitative estimate of drug-likeness (QED) is 0.800. The van der Waals surface area contributed by atoms with Gasteiger partial charge in [0, 0.05) is 0 Å². The van der Waals surface area contributed by atoms with E-state index in [1.807, 2.05) is 13.8 Å². The van der Waals surface area contributed by atoms with Gasteiger partial charge in [0.25, 0.3) is 0 Å². The lowest BCUT2D eigenvalue weighted by Crippen LogP contribution is -2.44. The molecule has 1 heterocycles. The Kier molecular flexibility index (Phi) is 4.75. The van der Waals surface area contributed by atoms with Gasteiger partial charge in [-0.3, -0.25) is 4.79 Å². The standard InChI is InChI=1S/C12H17NO4/c1-4-16-12(15)13-10(8(2)3)11(14)9-6-5-7-17-9/h5-8,10H,4H2,1-3H3,(H,13,15)/t10-/m0/s1. The molecule has 1 aromatic heterocycles. The molecule has 0 bridgehead atoms. The molecule has 0 aliphatic rings. The third-order valence-electron chi connectivity index (χ3n) is 2.26. The maximum Gasteiger partial charge on any atom is 0.407 e. The smallest absolute Gasteiger partial charge is 0.407 e. The number of ether oxygens (including phenoxy) is 1. The van der Waals surface area contributed by atoms with Gasteiger partial charge in [-0.2, -0.15) is 0 Å². The summed E-state index contributed by atoms with van der Waals surface area (Å²) in [4.78, 5) is 23.3. The molecule has 0 aromatic carbocycles. The molecule has 1 aromatic rings. The van der Waals surface area contributed by atoms with Crippen LogP contribution in [-0.4, -0.2) is 24.5 Å². The van der Waals surface area contributed by atoms with Crippen molar-refractivity contribution in [3.63, 3.8) is 0 Å². The molecule has 0 aliphatic carbocycles. The SMILES string of the molecule is CCOC(=O)N[C@H](C(=O)c1ccco1)C(C)C. The fourth-order valence-electron chi connectivity index (χ4n) is 1.41. The Morgan fingerprint density at radius 2 is 2.18 bits per heavy atom. The van der Waals surface area contributed by atoms with Crippen LogP contribution in [0.3, 0.4) is 0 Å². The normalized spacial score (nSPS) is 12.2. The van der Waals surface area contributed by atoms with Gasteiger partial charge in [-0.1, -0.05) is 13.8 Å². The zero-order valence-corrected chi connectivity index (χ0v) is 10.2. The third-order valence-corrected chi connectivity index (χ3v) is 2.26. The van der Waals surface area contributed by atoms with Crippen LogP contribution in [-0.2, 0) is 4.74 Å². The summed E-state index contributed by atoms with van der Waals surface area (Å²) in [5, 5.41) is 2.53. The van der Waals surface area contributed by atoms with E-state index in [9.17, 15) is 9.59 Å². The van der Waals surface area contributed by atoms with Crippen LogP contribution in [0.1, 0.15) is 31.3 Å². The molecule has 0 saturated heterocycles. The average molecular weight is 239 g/mol. The van der Waals surface area contributed by atoms with Gasteiger partial charge < -0.3 is 14.5 Å². The van der Waals surface area contributed by atoms with E-state index in [0.717, 1.165) is 0 Å². The number of carbonyl (C=O) groups is 2. The Hall–Kier alpha value is -1.78. The molecular formula is C12H17NO4. The van der Waals surface area contributed by atoms with Gasteiger partial charge in [0.2, 0.25) is 5.78 Å². The average Bonchev–Trinajstić information content (AvgIpc) is 2.78. The second-order valence-electron chi connectivity index (χ2n) is 3.93. The van der Waals surface area contributed by atoms with Crippen molar-refractivity contribution in [1.29, 1.82) is 0 Å². The Balaban J connectivity index is 2.73. The summed E-state index contributed by atoms with van der Waals surface area (Å²) in [7, 11) is 0. The number of alkyl carbamates (subject to hydrolysis) is 1. The highest BCUT2D eigenvalue weighted by Gasteiger charge is 2.27. The number of hydrogen-bond acceptors (Lipinski definition) is 4. The van der Waals surface area contributed by atoms with Crippen LogP contribution in [0, 0.1) is 5.92 Å². The van der Waals surface area contributed by atoms with Gasteiger partial charge >= 0.3 is 6.09 Å². The van der Waals surface area contributed by atoms with E-state index in [1.165, 1.54) is 6.26 Å². The topological polar surface area (TPSA) is 68.5 Å². The van der Waals surface area contributed by atoms with Crippen molar-refractivity contribution in [2.75, 3.05) is 6.61 Å². The molecule has 0 aliphatic heterocycles. The lowest BCUT2D eigenvalue weighted by atomic mass is 9.98. The monoisotopic (exact) mass is 239 g/mol. The predicted molar refractivity (Wildman–Crippen MR) is 61.8 cm³/mol. The molecule has 1 amide bonds. The zero-order valence-electron chi connectivity index (χ0n) is 10.2. The summed E-state index contributed by atoms with van der Waals surface area (Å²) >= 11 is 0. The van der Waals surface area contributed by atoms with Gasteiger partial charge in [0.1, 0.15) is 6.04 Å². The Bertz CT molecular complexity index is 370. The first-order valence-electron chi connectivity index (χ1n) is 5.57. The maximum atomic E-state index is 12.0. The maximum absolute atomic E-state index is 12.0. The Labute approximate surface area is 100 Å². The van der Waals surface area contributed by atoms with E-state index in [4.69, 9.17) is 9.15 Å². The Morgan fingerprint density at radius 1 is 1.47 bits per heavy atom. The number of nitrogens with one attached hydrogen (secondary N) is 1. The van der Waals surface area contributed by atoms with Crippen molar-refractivity contribution in [2.45, 2.75) is 26.8 Å². The predicted octanol–water partition coefficient (Wildman–Crippen LogP) is 2.23. The summed E-state index contributed by atoms with van der Waals surface area (Å²) in [5.74, 6) is -0.0597. The minimum atomic E-state index is -0.639. The number of carbonyl (C=O) groups excluding carboxylic acids is 2. The van der Waals surface area contributed by atoms with E-state index < -0.39 is 12.1 Å². The Morgan fingerprint density at radius 3 is 2.65 bits per heavy atom. The van der Waals surface area contributed by atoms with Crippen LogP contribution < -0.4 is 5.32 Å². The van der Waals surface area contributed by atoms with Gasteiger partial charge in [-0.15, -0.1) is 0 Å². The largest absolute Gasteiger partial charge is 0.461 e. The van der Waals surface area contributed by atoms with E-state index in [2.05, 4.69) is 5.32 Å². The molecule has 17 heavy (non-hydrogen) atoms. The van der Waals surface area contributed by atoms with Crippen molar-refractivity contribution in [3.05, 3.63) is 24.2 Å². The van der Waals surface area contributed by atoms with Crippen LogP contribution in [0.25, 0.3) is 0 Å². The van der Waals surface area contributed by atoms with Gasteiger partial charge in [-0.25, -0.2) is 4.79 Å². The summed E-state index contributed by atoms with van der Waals surface area (Å²) in [5.41, 5.74) is 0. The highest BCUT2D eigenvalue weighted by Crippen LogP contribution is 2.11. The van der Waals surface area contributed by atoms with Crippen molar-refractivity contribution in [1.82, 2.24) is 5.32 Å². The first-order chi connectivity index (χ1) is 8.06. The van der Waals surface area contributed by atoms with Crippen molar-refractivity contribution >= 4 is 11.9 Å². The van der Waals surface area contributed by atoms with Crippen molar-refractivity contribution < 1.29 is 18.7 Å². The molecular weight excluding hydrogens is 222 g/mol. The van der Waals surface area contributed by atoms with Crippen LogP contribution in [0.15, 0.2) is 22.8 Å². The molecule has 0 saturated carbocycles. The lowest BCUT2D eigenvalue weighted by molar-refractivity contribution is 0.0867. The molecule has 1 N–H and O–H groups in total. The summed E-state index contributed by atoms with van der Waals surface area (Å²) < 4.78 is 9.78. The number of rotatable bonds is 5. The highest BCUT2D eigenvalue weighted by molar-refractivity contribution is 5.99. The highest BCUT2D eigenvalue weighted by atomic mass is 16.5. The minimum absolute atomic E-state index is 0.0444. The molecule has 0 fully saturated rings. The molecule has 94 valence electrons. The van der Waals surface area contributed by atoms with Gasteiger partial charge in [-0.05, 0) is 25.0 Å². The van der Waals surface area contributed by atoms with E-state index in [0.29, 0.717) is 0 Å². The first-order valence-corrected chi connectivity index (χ1v) is 5.57. The molecule has 0 unspecified atom stereocenters. The number of Topliss-reactive ketones (excluding diaryl/α,β-unsaturated/α-hetero) is 1. The zero-order chi connectivity index (χ0) is 12.8. The molecule has 5 nitrogen and oxygen atoms in total. The summed E-state index contributed by atoms with van der Waals surface area (Å²) in [6.07, 6.45) is 0.834. The fraction of sp³-hybridized carbons (Fsp3) is 0.500. The molecule has 0 radical (unpaired) electrons. The lowest BCUT2D eigenvalue weighted by Gasteiger charge is -2.19. The molecule has 1 atom stereocenters. The number of furan rings is 1. The van der Waals surface area contributed by atoms with Crippen LogP contribution in [0.2, 0.25) is 0 Å². The second kappa shape index (κ2) is 6.08. The number of hydrogen-bond donors (Lipinski definition) is 1. The fourth-order valence-corrected chi connectivity index (χ4v) is 1.41. The van der Waals surface area contributed by atoms with E-state index in [1.54, 1.807) is 19.1 Å². The van der Waals surface area contributed by atoms with Gasteiger partial charge in [0.05, 0.1) is 12.9 Å². The number of ketones is 1. The van der Waals surface area contributed by atoms with Crippen LogP contribution in [0.4, 0.5) is 4.79 Å². The molecule has 1 rings (SSSR count). The van der Waals surface area contributed by atoms with Gasteiger partial charge in [0.15, 0.2) is 5.76 Å². The van der Waals surface area contributed by atoms with Crippen LogP contribution in [0.5, 0.6) is 0 Å². The number of amides is 1. The molecule has 5 heteroatoms. The summed E-state index contributed by atoms with van der Waals surface area (Å²) in [6.45, 7) is 5.67. The minimum Gasteiger partial charge on any atom is -0.461 e. The molecule has 0 spiro atoms. The van der Waals surface area contributed by atoms with E-state index >= 15 is 0 Å². The summed E-state index contributed by atoms with van der Waals surface area (Å²) in [6, 6.07) is 2.57. The third kappa shape index (κ3) is 3.62.